The van der Waals surface area contributed by atoms with Gasteiger partial charge in [0.25, 0.3) is 5.91 Å². The van der Waals surface area contributed by atoms with Gasteiger partial charge >= 0.3 is 0 Å². The first-order chi connectivity index (χ1) is 9.15. The van der Waals surface area contributed by atoms with Gasteiger partial charge < -0.3 is 20.1 Å². The molecule has 0 aliphatic heterocycles. The molecule has 0 aliphatic carbocycles. The number of rotatable bonds is 8. The molecule has 0 bridgehead atoms. The number of hydrogen-bond acceptors (Lipinski definition) is 6. The summed E-state index contributed by atoms with van der Waals surface area (Å²) < 4.78 is 5.12. The lowest BCUT2D eigenvalue weighted by Crippen LogP contribution is -2.23. The maximum Gasteiger partial charge on any atom is 0.273 e. The maximum absolute atomic E-state index is 11.6. The van der Waals surface area contributed by atoms with E-state index < -0.39 is 0 Å². The average molecular weight is 268 g/mol. The minimum absolute atomic E-state index is 0.0419. The first-order valence-electron chi connectivity index (χ1n) is 6.13. The van der Waals surface area contributed by atoms with Crippen molar-refractivity contribution in [2.45, 2.75) is 6.42 Å². The number of anilines is 1. The van der Waals surface area contributed by atoms with Crippen LogP contribution in [0, 0.1) is 0 Å². The van der Waals surface area contributed by atoms with E-state index in [2.05, 4.69) is 15.5 Å². The molecular formula is C12H20N4O3. The summed E-state index contributed by atoms with van der Waals surface area (Å²) in [4.78, 5) is 13.0. The number of nitrogens with zero attached hydrogens (tertiary/aromatic N) is 3. The van der Waals surface area contributed by atoms with Crippen molar-refractivity contribution in [2.24, 2.45) is 0 Å². The lowest BCUT2D eigenvalue weighted by Gasteiger charge is -2.09. The molecule has 0 aromatic carbocycles. The van der Waals surface area contributed by atoms with Crippen LogP contribution >= 0.6 is 0 Å². The summed E-state index contributed by atoms with van der Waals surface area (Å²) >= 11 is 0. The maximum atomic E-state index is 11.6. The van der Waals surface area contributed by atoms with Crippen LogP contribution in [0.4, 0.5) is 5.82 Å². The van der Waals surface area contributed by atoms with Gasteiger partial charge in [-0.1, -0.05) is 0 Å². The molecule has 1 heterocycles. The van der Waals surface area contributed by atoms with E-state index in [1.807, 2.05) is 0 Å². The highest BCUT2D eigenvalue weighted by Crippen LogP contribution is 2.03. The summed E-state index contributed by atoms with van der Waals surface area (Å²) in [5.74, 6) is 0.453. The van der Waals surface area contributed by atoms with Crippen LogP contribution < -0.4 is 5.32 Å². The Bertz CT molecular complexity index is 381. The highest BCUT2D eigenvalue weighted by Gasteiger charge is 2.09. The van der Waals surface area contributed by atoms with Crippen LogP contribution in [-0.4, -0.2) is 66.6 Å². The third-order valence-corrected chi connectivity index (χ3v) is 2.30. The first kappa shape index (κ1) is 15.3. The summed E-state index contributed by atoms with van der Waals surface area (Å²) in [6.07, 6.45) is 0.806. The van der Waals surface area contributed by atoms with Crippen molar-refractivity contribution < 1.29 is 14.6 Å². The van der Waals surface area contributed by atoms with E-state index in [1.54, 1.807) is 26.2 Å². The van der Waals surface area contributed by atoms with Crippen molar-refractivity contribution in [1.82, 2.24) is 15.1 Å². The van der Waals surface area contributed by atoms with Crippen molar-refractivity contribution >= 4 is 11.7 Å². The molecule has 0 fully saturated rings. The van der Waals surface area contributed by atoms with Gasteiger partial charge in [-0.15, -0.1) is 10.2 Å². The molecule has 0 aliphatic rings. The largest absolute Gasteiger partial charge is 0.394 e. The summed E-state index contributed by atoms with van der Waals surface area (Å²) in [6, 6.07) is 3.36. The van der Waals surface area contributed by atoms with Gasteiger partial charge in [0, 0.05) is 27.2 Å². The zero-order valence-electron chi connectivity index (χ0n) is 11.3. The Morgan fingerprint density at radius 3 is 2.74 bits per heavy atom. The fraction of sp³-hybridized carbons (Fsp3) is 0.583. The number of carbonyl (C=O) groups is 1. The van der Waals surface area contributed by atoms with Gasteiger partial charge in [-0.2, -0.15) is 0 Å². The first-order valence-corrected chi connectivity index (χ1v) is 6.13. The van der Waals surface area contributed by atoms with E-state index in [4.69, 9.17) is 9.84 Å². The standard InChI is InChI=1S/C12H20N4O3/c1-16(2)12(18)10-4-5-11(15-14-10)13-6-3-8-19-9-7-17/h4-5,17H,3,6-9H2,1-2H3,(H,13,15). The summed E-state index contributed by atoms with van der Waals surface area (Å²) in [6.45, 7) is 1.68. The van der Waals surface area contributed by atoms with Crippen molar-refractivity contribution in [2.75, 3.05) is 45.8 Å². The molecule has 0 spiro atoms. The Labute approximate surface area is 112 Å². The second-order valence-electron chi connectivity index (χ2n) is 4.12. The highest BCUT2D eigenvalue weighted by molar-refractivity contribution is 5.91. The minimum atomic E-state index is -0.170. The van der Waals surface area contributed by atoms with Crippen LogP contribution in [0.3, 0.4) is 0 Å². The van der Waals surface area contributed by atoms with Crippen LogP contribution in [0.15, 0.2) is 12.1 Å². The zero-order valence-corrected chi connectivity index (χ0v) is 11.3. The summed E-state index contributed by atoms with van der Waals surface area (Å²) in [7, 11) is 3.34. The Balaban J connectivity index is 2.30. The topological polar surface area (TPSA) is 87.6 Å². The van der Waals surface area contributed by atoms with Gasteiger partial charge in [0.15, 0.2) is 5.69 Å². The average Bonchev–Trinajstić information content (AvgIpc) is 2.42. The van der Waals surface area contributed by atoms with Gasteiger partial charge in [0.05, 0.1) is 13.2 Å². The molecule has 0 saturated heterocycles. The number of hydrogen-bond donors (Lipinski definition) is 2. The number of ether oxygens (including phenoxy) is 1. The van der Waals surface area contributed by atoms with E-state index >= 15 is 0 Å². The molecule has 0 radical (unpaired) electrons. The molecular weight excluding hydrogens is 248 g/mol. The molecule has 1 aromatic rings. The van der Waals surface area contributed by atoms with Crippen molar-refractivity contribution in [1.29, 1.82) is 0 Å². The van der Waals surface area contributed by atoms with Gasteiger partial charge in [0.1, 0.15) is 5.82 Å². The quantitative estimate of drug-likeness (QED) is 0.645. The molecule has 2 N–H and O–H groups in total. The Kier molecular flexibility index (Phi) is 6.76. The number of aliphatic hydroxyl groups excluding tert-OH is 1. The second-order valence-corrected chi connectivity index (χ2v) is 4.12. The molecule has 1 amide bonds. The predicted molar refractivity (Wildman–Crippen MR) is 71.1 cm³/mol. The SMILES string of the molecule is CN(C)C(=O)c1ccc(NCCCOCCO)nn1. The van der Waals surface area contributed by atoms with Crippen molar-refractivity contribution in [3.63, 3.8) is 0 Å². The lowest BCUT2D eigenvalue weighted by atomic mass is 10.3. The fourth-order valence-corrected chi connectivity index (χ4v) is 1.33. The fourth-order valence-electron chi connectivity index (χ4n) is 1.33. The predicted octanol–water partition coefficient (Wildman–Crippen LogP) is -0.0107. The van der Waals surface area contributed by atoms with Crippen molar-refractivity contribution in [3.05, 3.63) is 17.8 Å². The molecule has 0 unspecified atom stereocenters. The van der Waals surface area contributed by atoms with Crippen LogP contribution in [0.25, 0.3) is 0 Å². The smallest absolute Gasteiger partial charge is 0.273 e. The Morgan fingerprint density at radius 1 is 1.37 bits per heavy atom. The van der Waals surface area contributed by atoms with E-state index in [-0.39, 0.29) is 12.5 Å². The number of amides is 1. The summed E-state index contributed by atoms with van der Waals surface area (Å²) in [5.41, 5.74) is 0.321. The normalized spacial score (nSPS) is 10.3. The molecule has 7 nitrogen and oxygen atoms in total. The van der Waals surface area contributed by atoms with Gasteiger partial charge in [-0.25, -0.2) is 0 Å². The van der Waals surface area contributed by atoms with Crippen molar-refractivity contribution in [3.8, 4) is 0 Å². The highest BCUT2D eigenvalue weighted by atomic mass is 16.5. The number of aromatic nitrogens is 2. The second kappa shape index (κ2) is 8.39. The van der Waals surface area contributed by atoms with E-state index in [0.717, 1.165) is 6.42 Å². The molecule has 1 aromatic heterocycles. The van der Waals surface area contributed by atoms with E-state index in [9.17, 15) is 4.79 Å². The lowest BCUT2D eigenvalue weighted by molar-refractivity contribution is 0.0821. The Hall–Kier alpha value is -1.73. The molecule has 19 heavy (non-hydrogen) atoms. The van der Waals surface area contributed by atoms with Gasteiger partial charge in [-0.3, -0.25) is 4.79 Å². The van der Waals surface area contributed by atoms with E-state index in [0.29, 0.717) is 31.3 Å². The number of carbonyl (C=O) groups excluding carboxylic acids is 1. The molecule has 7 heteroatoms. The third-order valence-electron chi connectivity index (χ3n) is 2.30. The van der Waals surface area contributed by atoms with E-state index in [1.165, 1.54) is 4.90 Å². The molecule has 0 saturated carbocycles. The zero-order chi connectivity index (χ0) is 14.1. The minimum Gasteiger partial charge on any atom is -0.394 e. The Morgan fingerprint density at radius 2 is 2.16 bits per heavy atom. The molecule has 0 atom stereocenters. The van der Waals surface area contributed by atoms with Crippen LogP contribution in [-0.2, 0) is 4.74 Å². The number of nitrogens with one attached hydrogen (secondary N) is 1. The monoisotopic (exact) mass is 268 g/mol. The van der Waals surface area contributed by atoms with Crippen LogP contribution in [0.5, 0.6) is 0 Å². The van der Waals surface area contributed by atoms with Gasteiger partial charge in [0.2, 0.25) is 0 Å². The third kappa shape index (κ3) is 5.62. The number of aliphatic hydroxyl groups is 1. The van der Waals surface area contributed by atoms with Crippen LogP contribution in [0.2, 0.25) is 0 Å². The molecule has 1 rings (SSSR count). The van der Waals surface area contributed by atoms with Gasteiger partial charge in [-0.05, 0) is 18.6 Å². The summed E-state index contributed by atoms with van der Waals surface area (Å²) in [5, 5.41) is 19.4. The van der Waals surface area contributed by atoms with Crippen LogP contribution in [0.1, 0.15) is 16.9 Å². The molecule has 106 valence electrons.